The van der Waals surface area contributed by atoms with E-state index in [0.29, 0.717) is 19.6 Å². The first-order valence-corrected chi connectivity index (χ1v) is 8.46. The molecule has 2 aliphatic heterocycles. The van der Waals surface area contributed by atoms with E-state index in [1.807, 2.05) is 45.1 Å². The maximum absolute atomic E-state index is 12.9. The van der Waals surface area contributed by atoms with Gasteiger partial charge in [0.05, 0.1) is 13.2 Å². The summed E-state index contributed by atoms with van der Waals surface area (Å²) in [6.45, 7) is 8.58. The summed E-state index contributed by atoms with van der Waals surface area (Å²) in [5.41, 5.74) is -1.20. The van der Waals surface area contributed by atoms with Crippen molar-refractivity contribution < 1.29 is 19.0 Å². The first-order valence-electron chi connectivity index (χ1n) is 8.46. The average molecular weight is 321 g/mol. The summed E-state index contributed by atoms with van der Waals surface area (Å²) in [5.74, 6) is -0.602. The summed E-state index contributed by atoms with van der Waals surface area (Å²) in [4.78, 5) is 15.2. The Bertz CT molecular complexity index is 504. The maximum atomic E-state index is 12.9. The lowest BCUT2D eigenvalue weighted by atomic mass is 9.86. The zero-order valence-corrected chi connectivity index (χ0v) is 14.3. The molecule has 2 fully saturated rings. The van der Waals surface area contributed by atoms with Gasteiger partial charge in [0.1, 0.15) is 11.1 Å². The number of esters is 1. The van der Waals surface area contributed by atoms with E-state index in [-0.39, 0.29) is 5.97 Å². The van der Waals surface area contributed by atoms with Crippen LogP contribution in [0.1, 0.15) is 40.0 Å². The highest BCUT2D eigenvalue weighted by molar-refractivity contribution is 5.84. The molecule has 23 heavy (non-hydrogen) atoms. The van der Waals surface area contributed by atoms with E-state index >= 15 is 0 Å². The van der Waals surface area contributed by atoms with Crippen molar-refractivity contribution in [2.75, 3.05) is 26.3 Å². The minimum absolute atomic E-state index is 0.171. The van der Waals surface area contributed by atoms with E-state index in [4.69, 9.17) is 14.2 Å². The fraction of sp³-hybridized carbons (Fsp3) is 0.722. The fourth-order valence-corrected chi connectivity index (χ4v) is 3.52. The van der Waals surface area contributed by atoms with Crippen LogP contribution in [0.25, 0.3) is 0 Å². The standard InChI is InChI=1S/C18H27NO4/c1-16(2,3)23-15(20)17(7-5-4-6-8-17)19-11-9-18(10-12-19)21-13-14-22-18/h4-7H,8-14H2,1-3H3. The molecule has 0 N–H and O–H groups in total. The normalized spacial score (nSPS) is 30.7. The highest BCUT2D eigenvalue weighted by atomic mass is 16.7. The van der Waals surface area contributed by atoms with E-state index in [1.54, 1.807) is 0 Å². The van der Waals surface area contributed by atoms with E-state index in [0.717, 1.165) is 25.9 Å². The molecule has 3 aliphatic rings. The van der Waals surface area contributed by atoms with Crippen LogP contribution in [0.15, 0.2) is 24.3 Å². The first-order chi connectivity index (χ1) is 10.9. The fourth-order valence-electron chi connectivity index (χ4n) is 3.52. The molecule has 5 heteroatoms. The zero-order valence-electron chi connectivity index (χ0n) is 14.3. The third-order valence-corrected chi connectivity index (χ3v) is 4.70. The van der Waals surface area contributed by atoms with Crippen LogP contribution in [-0.2, 0) is 19.0 Å². The molecule has 0 aromatic carbocycles. The summed E-state index contributed by atoms with van der Waals surface area (Å²) < 4.78 is 17.3. The van der Waals surface area contributed by atoms with E-state index in [1.165, 1.54) is 0 Å². The van der Waals surface area contributed by atoms with Gasteiger partial charge in [0.25, 0.3) is 0 Å². The lowest BCUT2D eigenvalue weighted by molar-refractivity contribution is -0.197. The Kier molecular flexibility index (Phi) is 4.38. The molecule has 1 aliphatic carbocycles. The summed E-state index contributed by atoms with van der Waals surface area (Å²) in [5, 5.41) is 0. The van der Waals surface area contributed by atoms with E-state index in [2.05, 4.69) is 4.90 Å². The second-order valence-electron chi connectivity index (χ2n) is 7.51. The molecule has 2 heterocycles. The Morgan fingerprint density at radius 3 is 2.30 bits per heavy atom. The van der Waals surface area contributed by atoms with Crippen LogP contribution in [0.4, 0.5) is 0 Å². The number of likely N-dealkylation sites (tertiary alicyclic amines) is 1. The number of hydrogen-bond acceptors (Lipinski definition) is 5. The molecule has 5 nitrogen and oxygen atoms in total. The molecule has 0 aromatic heterocycles. The molecule has 0 saturated carbocycles. The van der Waals surface area contributed by atoms with Crippen molar-refractivity contribution >= 4 is 5.97 Å². The molecular formula is C18H27NO4. The monoisotopic (exact) mass is 321 g/mol. The molecule has 1 unspecified atom stereocenters. The van der Waals surface area contributed by atoms with E-state index in [9.17, 15) is 4.79 Å². The molecule has 0 aromatic rings. The molecule has 2 saturated heterocycles. The predicted molar refractivity (Wildman–Crippen MR) is 86.9 cm³/mol. The Morgan fingerprint density at radius 2 is 1.78 bits per heavy atom. The Hall–Kier alpha value is -1.17. The number of rotatable bonds is 2. The van der Waals surface area contributed by atoms with Gasteiger partial charge in [0.15, 0.2) is 5.79 Å². The van der Waals surface area contributed by atoms with Crippen molar-refractivity contribution in [2.24, 2.45) is 0 Å². The SMILES string of the molecule is CC(C)(C)OC(=O)C1(N2CCC3(CC2)OCCO3)C=CC=CC1. The molecule has 3 rings (SSSR count). The van der Waals surface area contributed by atoms with Gasteiger partial charge in [-0.05, 0) is 27.2 Å². The second kappa shape index (κ2) is 6.04. The predicted octanol–water partition coefficient (Wildman–Crippen LogP) is 2.42. The molecule has 0 amide bonds. The van der Waals surface area contributed by atoms with Gasteiger partial charge in [-0.15, -0.1) is 0 Å². The minimum atomic E-state index is -0.706. The van der Waals surface area contributed by atoms with Crippen LogP contribution < -0.4 is 0 Å². The molecule has 1 atom stereocenters. The van der Waals surface area contributed by atoms with Gasteiger partial charge in [-0.2, -0.15) is 0 Å². The minimum Gasteiger partial charge on any atom is -0.458 e. The van der Waals surface area contributed by atoms with Crippen LogP contribution >= 0.6 is 0 Å². The van der Waals surface area contributed by atoms with Gasteiger partial charge in [0, 0.05) is 25.9 Å². The van der Waals surface area contributed by atoms with Crippen LogP contribution in [-0.4, -0.2) is 54.1 Å². The largest absolute Gasteiger partial charge is 0.458 e. The lowest BCUT2D eigenvalue weighted by Gasteiger charge is -2.46. The number of carbonyl (C=O) groups excluding carboxylic acids is 1. The van der Waals surface area contributed by atoms with E-state index < -0.39 is 16.9 Å². The Morgan fingerprint density at radius 1 is 1.13 bits per heavy atom. The topological polar surface area (TPSA) is 48.0 Å². The zero-order chi connectivity index (χ0) is 16.6. The highest BCUT2D eigenvalue weighted by Gasteiger charge is 2.49. The quantitative estimate of drug-likeness (QED) is 0.731. The van der Waals surface area contributed by atoms with Crippen LogP contribution in [0.5, 0.6) is 0 Å². The second-order valence-corrected chi connectivity index (χ2v) is 7.51. The number of carbonyl (C=O) groups is 1. The maximum Gasteiger partial charge on any atom is 0.331 e. The number of allylic oxidation sites excluding steroid dienone is 2. The smallest absolute Gasteiger partial charge is 0.331 e. The Labute approximate surface area is 138 Å². The molecule has 0 bridgehead atoms. The average Bonchev–Trinajstić information content (AvgIpc) is 2.95. The molecule has 128 valence electrons. The highest BCUT2D eigenvalue weighted by Crippen LogP contribution is 2.37. The Balaban J connectivity index is 1.76. The number of hydrogen-bond donors (Lipinski definition) is 0. The molecular weight excluding hydrogens is 294 g/mol. The van der Waals surface area contributed by atoms with Crippen molar-refractivity contribution in [3.8, 4) is 0 Å². The molecule has 1 spiro atoms. The summed E-state index contributed by atoms with van der Waals surface area (Å²) in [6.07, 6.45) is 10.2. The van der Waals surface area contributed by atoms with Crippen molar-refractivity contribution in [1.29, 1.82) is 0 Å². The summed E-state index contributed by atoms with van der Waals surface area (Å²) >= 11 is 0. The molecule has 0 radical (unpaired) electrons. The van der Waals surface area contributed by atoms with Gasteiger partial charge < -0.3 is 14.2 Å². The number of nitrogens with zero attached hydrogens (tertiary/aromatic N) is 1. The van der Waals surface area contributed by atoms with Gasteiger partial charge in [0.2, 0.25) is 0 Å². The first kappa shape index (κ1) is 16.7. The van der Waals surface area contributed by atoms with Gasteiger partial charge in [-0.3, -0.25) is 4.90 Å². The lowest BCUT2D eigenvalue weighted by Crippen LogP contribution is -2.60. The summed E-state index contributed by atoms with van der Waals surface area (Å²) in [7, 11) is 0. The van der Waals surface area contributed by atoms with Crippen LogP contribution in [0.3, 0.4) is 0 Å². The van der Waals surface area contributed by atoms with Crippen molar-refractivity contribution in [3.63, 3.8) is 0 Å². The number of piperidine rings is 1. The summed E-state index contributed by atoms with van der Waals surface area (Å²) in [6, 6.07) is 0. The van der Waals surface area contributed by atoms with Gasteiger partial charge in [-0.25, -0.2) is 4.79 Å². The van der Waals surface area contributed by atoms with Gasteiger partial charge in [-0.1, -0.05) is 24.3 Å². The van der Waals surface area contributed by atoms with Gasteiger partial charge >= 0.3 is 5.97 Å². The van der Waals surface area contributed by atoms with Crippen molar-refractivity contribution in [2.45, 2.75) is 57.0 Å². The van der Waals surface area contributed by atoms with Crippen LogP contribution in [0.2, 0.25) is 0 Å². The number of ether oxygens (including phenoxy) is 3. The van der Waals surface area contributed by atoms with Crippen molar-refractivity contribution in [1.82, 2.24) is 4.90 Å². The third-order valence-electron chi connectivity index (χ3n) is 4.70. The van der Waals surface area contributed by atoms with Crippen molar-refractivity contribution in [3.05, 3.63) is 24.3 Å². The van der Waals surface area contributed by atoms with Crippen LogP contribution in [0, 0.1) is 0 Å². The third kappa shape index (κ3) is 3.37.